The van der Waals surface area contributed by atoms with E-state index in [2.05, 4.69) is 58.3 Å². The Labute approximate surface area is 188 Å². The highest BCUT2D eigenvalue weighted by atomic mass is 127. The summed E-state index contributed by atoms with van der Waals surface area (Å²) in [4.78, 5) is 14.2. The fraction of sp³-hybridized carbons (Fsp3) is 0.714. The molecule has 0 saturated carbocycles. The topological polar surface area (TPSA) is 55.8 Å². The maximum atomic E-state index is 4.75. The lowest BCUT2D eigenvalue weighted by atomic mass is 10.2. The molecule has 0 atom stereocenters. The van der Waals surface area contributed by atoms with Crippen LogP contribution in [0.3, 0.4) is 0 Å². The molecule has 0 bridgehead atoms. The van der Waals surface area contributed by atoms with Crippen molar-refractivity contribution in [1.29, 1.82) is 0 Å². The van der Waals surface area contributed by atoms with Gasteiger partial charge in [0, 0.05) is 45.5 Å². The van der Waals surface area contributed by atoms with Crippen molar-refractivity contribution >= 4 is 35.8 Å². The van der Waals surface area contributed by atoms with Crippen LogP contribution < -0.4 is 15.5 Å². The number of unbranched alkanes of at least 4 members (excludes halogenated alkanes) is 3. The average Bonchev–Trinajstić information content (AvgIpc) is 2.72. The van der Waals surface area contributed by atoms with Crippen molar-refractivity contribution in [3.05, 3.63) is 23.9 Å². The van der Waals surface area contributed by atoms with Gasteiger partial charge in [0.25, 0.3) is 0 Å². The number of pyridine rings is 1. The van der Waals surface area contributed by atoms with Gasteiger partial charge in [-0.3, -0.25) is 0 Å². The summed E-state index contributed by atoms with van der Waals surface area (Å²) < 4.78 is 0. The predicted octanol–water partition coefficient (Wildman–Crippen LogP) is 3.48. The standard InChI is InChI=1S/C21H38N6.HI/c1-4-7-8-9-11-24-21(22-5-2)25-18-19-10-12-23-20(17-19)27-15-13-26(6-3)14-16-27;/h10,12,17H,4-9,11,13-16,18H2,1-3H3,(H2,22,24,25);1H. The Morgan fingerprint density at radius 2 is 1.86 bits per heavy atom. The molecule has 7 heteroatoms. The van der Waals surface area contributed by atoms with Gasteiger partial charge in [-0.05, 0) is 37.6 Å². The van der Waals surface area contributed by atoms with Gasteiger partial charge in [0.1, 0.15) is 5.82 Å². The molecule has 1 aliphatic heterocycles. The molecular weight excluding hydrogens is 463 g/mol. The van der Waals surface area contributed by atoms with E-state index < -0.39 is 0 Å². The molecule has 1 aromatic heterocycles. The maximum absolute atomic E-state index is 4.75. The van der Waals surface area contributed by atoms with Crippen LogP contribution in [-0.2, 0) is 6.54 Å². The van der Waals surface area contributed by atoms with E-state index in [-0.39, 0.29) is 24.0 Å². The number of hydrogen-bond acceptors (Lipinski definition) is 4. The molecule has 6 nitrogen and oxygen atoms in total. The molecule has 1 aromatic rings. The maximum Gasteiger partial charge on any atom is 0.191 e. The molecule has 160 valence electrons. The molecule has 2 N–H and O–H groups in total. The van der Waals surface area contributed by atoms with Crippen LogP contribution in [0.2, 0.25) is 0 Å². The number of nitrogens with one attached hydrogen (secondary N) is 2. The van der Waals surface area contributed by atoms with Crippen molar-refractivity contribution in [2.24, 2.45) is 4.99 Å². The monoisotopic (exact) mass is 502 g/mol. The molecule has 28 heavy (non-hydrogen) atoms. The minimum absolute atomic E-state index is 0. The van der Waals surface area contributed by atoms with Crippen molar-refractivity contribution in [1.82, 2.24) is 20.5 Å². The first-order chi connectivity index (χ1) is 13.3. The summed E-state index contributed by atoms with van der Waals surface area (Å²) in [6.45, 7) is 14.6. The summed E-state index contributed by atoms with van der Waals surface area (Å²) in [5.41, 5.74) is 1.21. The zero-order valence-corrected chi connectivity index (χ0v) is 20.2. The Kier molecular flexibility index (Phi) is 13.2. The molecule has 2 heterocycles. The van der Waals surface area contributed by atoms with Gasteiger partial charge in [0.2, 0.25) is 0 Å². The second-order valence-electron chi connectivity index (χ2n) is 7.13. The Bertz CT molecular complexity index is 558. The lowest BCUT2D eigenvalue weighted by Gasteiger charge is -2.34. The van der Waals surface area contributed by atoms with E-state index in [1.807, 2.05) is 6.20 Å². The van der Waals surface area contributed by atoms with Crippen LogP contribution in [0.5, 0.6) is 0 Å². The van der Waals surface area contributed by atoms with E-state index in [0.29, 0.717) is 6.54 Å². The number of guanidine groups is 1. The molecule has 0 amide bonds. The molecule has 0 unspecified atom stereocenters. The van der Waals surface area contributed by atoms with E-state index >= 15 is 0 Å². The van der Waals surface area contributed by atoms with E-state index in [0.717, 1.165) is 57.6 Å². The third-order valence-electron chi connectivity index (χ3n) is 5.04. The number of hydrogen-bond donors (Lipinski definition) is 2. The predicted molar refractivity (Wildman–Crippen MR) is 131 cm³/mol. The average molecular weight is 502 g/mol. The third-order valence-corrected chi connectivity index (χ3v) is 5.04. The van der Waals surface area contributed by atoms with Gasteiger partial charge in [0.05, 0.1) is 6.54 Å². The van der Waals surface area contributed by atoms with Gasteiger partial charge < -0.3 is 20.4 Å². The summed E-state index contributed by atoms with van der Waals surface area (Å²) in [5.74, 6) is 1.99. The van der Waals surface area contributed by atoms with E-state index in [1.54, 1.807) is 0 Å². The smallest absolute Gasteiger partial charge is 0.191 e. The first-order valence-electron chi connectivity index (χ1n) is 10.7. The number of halogens is 1. The van der Waals surface area contributed by atoms with Gasteiger partial charge in [-0.2, -0.15) is 0 Å². The summed E-state index contributed by atoms with van der Waals surface area (Å²) in [6.07, 6.45) is 6.97. The van der Waals surface area contributed by atoms with E-state index in [9.17, 15) is 0 Å². The fourth-order valence-electron chi connectivity index (χ4n) is 3.30. The number of piperazine rings is 1. The number of aliphatic imine (C=N–C) groups is 1. The molecule has 0 spiro atoms. The molecule has 0 aromatic carbocycles. The number of rotatable bonds is 10. The summed E-state index contributed by atoms with van der Waals surface area (Å²) in [7, 11) is 0. The number of nitrogens with zero attached hydrogens (tertiary/aromatic N) is 4. The number of aromatic nitrogens is 1. The van der Waals surface area contributed by atoms with Gasteiger partial charge in [0.15, 0.2) is 5.96 Å². The first-order valence-corrected chi connectivity index (χ1v) is 10.7. The normalized spacial score (nSPS) is 15.2. The van der Waals surface area contributed by atoms with Gasteiger partial charge >= 0.3 is 0 Å². The second-order valence-corrected chi connectivity index (χ2v) is 7.13. The highest BCUT2D eigenvalue weighted by Crippen LogP contribution is 2.15. The van der Waals surface area contributed by atoms with Gasteiger partial charge in [-0.25, -0.2) is 9.98 Å². The van der Waals surface area contributed by atoms with Crippen molar-refractivity contribution < 1.29 is 0 Å². The Morgan fingerprint density at radius 3 is 2.54 bits per heavy atom. The minimum atomic E-state index is 0. The van der Waals surface area contributed by atoms with Crippen LogP contribution in [0.4, 0.5) is 5.82 Å². The lowest BCUT2D eigenvalue weighted by molar-refractivity contribution is 0.270. The summed E-state index contributed by atoms with van der Waals surface area (Å²) in [6, 6.07) is 4.26. The molecule has 2 rings (SSSR count). The molecule has 0 radical (unpaired) electrons. The Balaban J connectivity index is 0.00000392. The Morgan fingerprint density at radius 1 is 1.07 bits per heavy atom. The lowest BCUT2D eigenvalue weighted by Crippen LogP contribution is -2.46. The van der Waals surface area contributed by atoms with Crippen LogP contribution in [0.25, 0.3) is 0 Å². The van der Waals surface area contributed by atoms with Crippen LogP contribution in [0.15, 0.2) is 23.3 Å². The highest BCUT2D eigenvalue weighted by molar-refractivity contribution is 14.0. The first kappa shape index (κ1) is 24.9. The van der Waals surface area contributed by atoms with Gasteiger partial charge in [-0.1, -0.05) is 33.1 Å². The van der Waals surface area contributed by atoms with E-state index in [4.69, 9.17) is 4.99 Å². The fourth-order valence-corrected chi connectivity index (χ4v) is 3.30. The molecule has 1 fully saturated rings. The van der Waals surface area contributed by atoms with Crippen molar-refractivity contribution in [3.63, 3.8) is 0 Å². The van der Waals surface area contributed by atoms with Crippen LogP contribution in [-0.4, -0.2) is 61.7 Å². The molecule has 1 aliphatic rings. The van der Waals surface area contributed by atoms with Crippen molar-refractivity contribution in [2.45, 2.75) is 53.0 Å². The molecular formula is C21H39IN6. The minimum Gasteiger partial charge on any atom is -0.357 e. The quantitative estimate of drug-likeness (QED) is 0.222. The summed E-state index contributed by atoms with van der Waals surface area (Å²) >= 11 is 0. The van der Waals surface area contributed by atoms with Crippen molar-refractivity contribution in [2.75, 3.05) is 50.7 Å². The Hall–Kier alpha value is -1.09. The second kappa shape index (κ2) is 14.8. The van der Waals surface area contributed by atoms with Crippen LogP contribution in [0, 0.1) is 0 Å². The summed E-state index contributed by atoms with van der Waals surface area (Å²) in [5, 5.41) is 6.79. The number of anilines is 1. The third kappa shape index (κ3) is 8.94. The van der Waals surface area contributed by atoms with Crippen LogP contribution >= 0.6 is 24.0 Å². The SMILES string of the molecule is CCCCCCNC(=NCc1ccnc(N2CCN(CC)CC2)c1)NCC.I. The molecule has 0 aliphatic carbocycles. The number of likely N-dealkylation sites (N-methyl/N-ethyl adjacent to an activating group) is 1. The zero-order valence-electron chi connectivity index (χ0n) is 17.9. The molecule has 1 saturated heterocycles. The van der Waals surface area contributed by atoms with Crippen LogP contribution in [0.1, 0.15) is 52.0 Å². The highest BCUT2D eigenvalue weighted by Gasteiger charge is 2.16. The largest absolute Gasteiger partial charge is 0.357 e. The van der Waals surface area contributed by atoms with Crippen molar-refractivity contribution in [3.8, 4) is 0 Å². The zero-order chi connectivity index (χ0) is 19.3. The van der Waals surface area contributed by atoms with Gasteiger partial charge in [-0.15, -0.1) is 24.0 Å². The van der Waals surface area contributed by atoms with E-state index in [1.165, 1.54) is 31.2 Å².